The third-order valence-electron chi connectivity index (χ3n) is 6.24. The third kappa shape index (κ3) is 5.80. The molecule has 4 N–H and O–H groups in total. The normalized spacial score (nSPS) is 15.1. The lowest BCUT2D eigenvalue weighted by molar-refractivity contribution is -0.117. The summed E-state index contributed by atoms with van der Waals surface area (Å²) < 4.78 is 0. The molecule has 3 aromatic heterocycles. The van der Waals surface area contributed by atoms with Gasteiger partial charge in [0.2, 0.25) is 5.91 Å². The van der Waals surface area contributed by atoms with Crippen LogP contribution in [-0.2, 0) is 9.59 Å². The second-order valence-corrected chi connectivity index (χ2v) is 9.24. The number of nitrogens with zero attached hydrogens (tertiary/aromatic N) is 4. The molecule has 2 aliphatic carbocycles. The van der Waals surface area contributed by atoms with Crippen molar-refractivity contribution in [2.24, 2.45) is 11.8 Å². The van der Waals surface area contributed by atoms with Crippen molar-refractivity contribution in [3.63, 3.8) is 0 Å². The summed E-state index contributed by atoms with van der Waals surface area (Å²) in [5, 5.41) is 21.2. The summed E-state index contributed by atoms with van der Waals surface area (Å²) in [6.07, 6.45) is 10.9. The second kappa shape index (κ2) is 10.2. The van der Waals surface area contributed by atoms with Crippen LogP contribution in [0.25, 0.3) is 22.6 Å². The van der Waals surface area contributed by atoms with E-state index in [2.05, 4.69) is 25.6 Å². The number of carbonyl (C=O) groups is 2. The largest absolute Gasteiger partial charge is 0.321 e. The van der Waals surface area contributed by atoms with Gasteiger partial charge in [-0.2, -0.15) is 0 Å². The maximum atomic E-state index is 12.7. The molecule has 3 aromatic rings. The molecule has 0 bridgehead atoms. The third-order valence-corrected chi connectivity index (χ3v) is 6.24. The summed E-state index contributed by atoms with van der Waals surface area (Å²) in [7, 11) is 0. The van der Waals surface area contributed by atoms with Gasteiger partial charge < -0.3 is 21.5 Å². The van der Waals surface area contributed by atoms with Gasteiger partial charge in [0.25, 0.3) is 5.91 Å². The van der Waals surface area contributed by atoms with Gasteiger partial charge in [0, 0.05) is 53.0 Å². The van der Waals surface area contributed by atoms with Crippen LogP contribution in [0.5, 0.6) is 0 Å². The average Bonchev–Trinajstić information content (AvgIpc) is 3.81. The quantitative estimate of drug-likeness (QED) is 0.258. The highest BCUT2D eigenvalue weighted by atomic mass is 16.2. The van der Waals surface area contributed by atoms with Crippen LogP contribution >= 0.6 is 0 Å². The van der Waals surface area contributed by atoms with Gasteiger partial charge in [-0.3, -0.25) is 14.6 Å². The minimum absolute atomic E-state index is 0.0229. The predicted octanol–water partition coefficient (Wildman–Crippen LogP) is 4.20. The Kier molecular flexibility index (Phi) is 6.63. The number of hydrogen-bond acceptors (Lipinski definition) is 8. The zero-order valence-corrected chi connectivity index (χ0v) is 20.3. The van der Waals surface area contributed by atoms with Gasteiger partial charge in [0.1, 0.15) is 5.82 Å². The van der Waals surface area contributed by atoms with E-state index in [9.17, 15) is 9.59 Å². The van der Waals surface area contributed by atoms with Crippen molar-refractivity contribution >= 4 is 35.2 Å². The van der Waals surface area contributed by atoms with Gasteiger partial charge in [-0.05, 0) is 62.9 Å². The predicted molar refractivity (Wildman–Crippen MR) is 141 cm³/mol. The van der Waals surface area contributed by atoms with Crippen LogP contribution in [0.3, 0.4) is 0 Å². The first kappa shape index (κ1) is 24.1. The van der Waals surface area contributed by atoms with Crippen molar-refractivity contribution in [1.82, 2.24) is 19.9 Å². The molecule has 3 heterocycles. The Morgan fingerprint density at radius 1 is 1.00 bits per heavy atom. The van der Waals surface area contributed by atoms with Crippen molar-refractivity contribution in [3.05, 3.63) is 60.2 Å². The fourth-order valence-corrected chi connectivity index (χ4v) is 3.78. The fraction of sp³-hybridized carbons (Fsp3) is 0.259. The maximum Gasteiger partial charge on any atom is 0.257 e. The van der Waals surface area contributed by atoms with Gasteiger partial charge in [0.15, 0.2) is 5.82 Å². The molecule has 2 fully saturated rings. The monoisotopic (exact) mass is 494 g/mol. The first-order valence-corrected chi connectivity index (χ1v) is 12.1. The van der Waals surface area contributed by atoms with Crippen LogP contribution in [-0.4, -0.2) is 43.7 Å². The van der Waals surface area contributed by atoms with Crippen molar-refractivity contribution in [3.8, 4) is 22.6 Å². The molecule has 0 radical (unpaired) electrons. The van der Waals surface area contributed by atoms with E-state index in [4.69, 9.17) is 15.8 Å². The SMILES string of the molecule is Cc1ncc(NC(=O)/C(C=N)=C/C(=N)C2CC2)cc1-c1ccnc(-c2ccnc(NC(=O)C3CC3)c2)n1. The summed E-state index contributed by atoms with van der Waals surface area (Å²) in [5.41, 5.74) is 3.69. The van der Waals surface area contributed by atoms with E-state index in [0.717, 1.165) is 31.9 Å². The lowest BCUT2D eigenvalue weighted by atomic mass is 10.1. The highest BCUT2D eigenvalue weighted by Gasteiger charge is 2.30. The second-order valence-electron chi connectivity index (χ2n) is 9.24. The number of amides is 2. The molecular weight excluding hydrogens is 468 g/mol. The average molecular weight is 495 g/mol. The topological polar surface area (TPSA) is 157 Å². The van der Waals surface area contributed by atoms with Crippen LogP contribution in [0, 0.1) is 29.6 Å². The zero-order chi connectivity index (χ0) is 25.9. The number of nitrogens with one attached hydrogen (secondary N) is 4. The minimum atomic E-state index is -0.474. The van der Waals surface area contributed by atoms with E-state index in [1.807, 2.05) is 6.92 Å². The molecule has 0 aliphatic heterocycles. The molecule has 10 nitrogen and oxygen atoms in total. The highest BCUT2D eigenvalue weighted by Crippen LogP contribution is 2.31. The molecule has 0 saturated heterocycles. The number of allylic oxidation sites excluding steroid dienone is 1. The Balaban J connectivity index is 1.37. The van der Waals surface area contributed by atoms with Gasteiger partial charge in [-0.1, -0.05) is 0 Å². The molecular formula is C27H26N8O2. The van der Waals surface area contributed by atoms with E-state index >= 15 is 0 Å². The first-order valence-electron chi connectivity index (χ1n) is 12.1. The number of pyridine rings is 2. The van der Waals surface area contributed by atoms with Crippen molar-refractivity contribution in [2.75, 3.05) is 10.6 Å². The standard InChI is InChI=1S/C27H26N8O2/c1-15-21(12-20(14-32-15)33-27(37)19(13-28)10-22(29)16-2-3-16)23-7-9-31-25(34-23)18-6-8-30-24(11-18)35-26(36)17-4-5-17/h6-14,16-17,28-29H,2-5H2,1H3,(H,33,37)(H,30,35,36)/b19-10+,28-13?,29-22?. The van der Waals surface area contributed by atoms with Crippen molar-refractivity contribution in [1.29, 1.82) is 10.8 Å². The first-order chi connectivity index (χ1) is 17.9. The van der Waals surface area contributed by atoms with Crippen molar-refractivity contribution in [2.45, 2.75) is 32.6 Å². The van der Waals surface area contributed by atoms with E-state index < -0.39 is 5.91 Å². The summed E-state index contributed by atoms with van der Waals surface area (Å²) in [4.78, 5) is 42.6. The van der Waals surface area contributed by atoms with E-state index in [1.165, 1.54) is 6.08 Å². The Morgan fingerprint density at radius 3 is 2.49 bits per heavy atom. The molecule has 2 saturated carbocycles. The number of rotatable bonds is 9. The van der Waals surface area contributed by atoms with Crippen LogP contribution in [0.4, 0.5) is 11.5 Å². The van der Waals surface area contributed by atoms with E-state index in [0.29, 0.717) is 45.6 Å². The molecule has 0 unspecified atom stereocenters. The van der Waals surface area contributed by atoms with E-state index in [-0.39, 0.29) is 23.3 Å². The molecule has 37 heavy (non-hydrogen) atoms. The Bertz CT molecular complexity index is 1440. The zero-order valence-electron chi connectivity index (χ0n) is 20.3. The molecule has 10 heteroatoms. The number of aryl methyl sites for hydroxylation is 1. The summed E-state index contributed by atoms with van der Waals surface area (Å²) >= 11 is 0. The summed E-state index contributed by atoms with van der Waals surface area (Å²) in [5.74, 6) is 0.680. The van der Waals surface area contributed by atoms with Gasteiger partial charge in [-0.15, -0.1) is 0 Å². The maximum absolute atomic E-state index is 12.7. The number of aromatic nitrogens is 4. The molecule has 2 aliphatic rings. The number of anilines is 2. The van der Waals surface area contributed by atoms with Crippen LogP contribution < -0.4 is 10.6 Å². The fourth-order valence-electron chi connectivity index (χ4n) is 3.78. The molecule has 2 amide bonds. The van der Waals surface area contributed by atoms with Crippen LogP contribution in [0.2, 0.25) is 0 Å². The van der Waals surface area contributed by atoms with Gasteiger partial charge >= 0.3 is 0 Å². The van der Waals surface area contributed by atoms with Gasteiger partial charge in [-0.25, -0.2) is 15.0 Å². The van der Waals surface area contributed by atoms with Crippen LogP contribution in [0.1, 0.15) is 31.4 Å². The molecule has 0 atom stereocenters. The number of hydrogen-bond donors (Lipinski definition) is 4. The Labute approximate surface area is 213 Å². The minimum Gasteiger partial charge on any atom is -0.321 e. The lowest BCUT2D eigenvalue weighted by Gasteiger charge is -2.11. The van der Waals surface area contributed by atoms with Crippen molar-refractivity contribution < 1.29 is 9.59 Å². The number of carbonyl (C=O) groups excluding carboxylic acids is 2. The van der Waals surface area contributed by atoms with Gasteiger partial charge in [0.05, 0.1) is 23.2 Å². The molecule has 186 valence electrons. The van der Waals surface area contributed by atoms with Crippen LogP contribution in [0.15, 0.2) is 54.5 Å². The summed E-state index contributed by atoms with van der Waals surface area (Å²) in [6, 6.07) is 7.05. The highest BCUT2D eigenvalue weighted by molar-refractivity contribution is 6.20. The molecule has 0 aromatic carbocycles. The summed E-state index contributed by atoms with van der Waals surface area (Å²) in [6.45, 7) is 1.85. The Hall–Kier alpha value is -4.60. The smallest absolute Gasteiger partial charge is 0.257 e. The van der Waals surface area contributed by atoms with E-state index in [1.54, 1.807) is 42.9 Å². The molecule has 0 spiro atoms. The Morgan fingerprint density at radius 2 is 1.76 bits per heavy atom. The molecule has 5 rings (SSSR count). The lowest BCUT2D eigenvalue weighted by Crippen LogP contribution is -2.17.